The Balaban J connectivity index is 2.08. The summed E-state index contributed by atoms with van der Waals surface area (Å²) in [5.74, 6) is 0.752. The van der Waals surface area contributed by atoms with Crippen molar-refractivity contribution in [3.05, 3.63) is 58.9 Å². The number of nitrogens with zero attached hydrogens (tertiary/aromatic N) is 4. The predicted molar refractivity (Wildman–Crippen MR) is 114 cm³/mol. The van der Waals surface area contributed by atoms with E-state index in [1.54, 1.807) is 28.1 Å². The molecule has 2 heterocycles. The normalized spacial score (nSPS) is 11.2. The third kappa shape index (κ3) is 2.92. The summed E-state index contributed by atoms with van der Waals surface area (Å²) < 4.78 is 3.15. The number of hydrogen-bond donors (Lipinski definition) is 1. The van der Waals surface area contributed by atoms with E-state index in [0.29, 0.717) is 16.9 Å². The van der Waals surface area contributed by atoms with Crippen molar-refractivity contribution in [2.45, 2.75) is 4.90 Å². The van der Waals surface area contributed by atoms with Crippen molar-refractivity contribution in [2.75, 3.05) is 12.0 Å². The van der Waals surface area contributed by atoms with E-state index in [2.05, 4.69) is 5.10 Å². The minimum atomic E-state index is -0.224. The lowest BCUT2D eigenvalue weighted by atomic mass is 9.96. The van der Waals surface area contributed by atoms with Gasteiger partial charge in [0.05, 0.1) is 5.69 Å². The van der Waals surface area contributed by atoms with Gasteiger partial charge in [-0.3, -0.25) is 9.36 Å². The molecule has 0 aliphatic heterocycles. The van der Waals surface area contributed by atoms with Crippen molar-refractivity contribution in [3.63, 3.8) is 0 Å². The van der Waals surface area contributed by atoms with E-state index in [9.17, 15) is 4.79 Å². The maximum atomic E-state index is 13.4. The lowest BCUT2D eigenvalue weighted by Gasteiger charge is -2.13. The summed E-state index contributed by atoms with van der Waals surface area (Å²) >= 11 is 1.67. The van der Waals surface area contributed by atoms with Crippen LogP contribution in [0.25, 0.3) is 28.1 Å². The third-order valence-electron chi connectivity index (χ3n) is 4.52. The maximum Gasteiger partial charge on any atom is 0.271 e. The lowest BCUT2D eigenvalue weighted by molar-refractivity contribution is 0.788. The molecule has 2 aromatic carbocycles. The standard InChI is InChI=1S/C19H18BN5OS/c1-24-18-15(16(21)23-24)19(26)25(13-7-5-12(20)6-8-13)17(22-18)11-3-9-14(27-2)10-4-11/h3-10H,20H2,1-2H3,(H2,21,23). The quantitative estimate of drug-likeness (QED) is 0.432. The summed E-state index contributed by atoms with van der Waals surface area (Å²) in [6, 6.07) is 15.8. The molecule has 4 aromatic rings. The van der Waals surface area contributed by atoms with E-state index in [1.165, 1.54) is 0 Å². The lowest BCUT2D eigenvalue weighted by Crippen LogP contribution is -2.23. The molecule has 8 heteroatoms. The SMILES string of the molecule is Bc1ccc(-n2c(-c3ccc(SC)cc3)nc3c(c(N)nn3C)c2=O)cc1. The van der Waals surface area contributed by atoms with Crippen molar-refractivity contribution in [3.8, 4) is 17.1 Å². The number of anilines is 1. The van der Waals surface area contributed by atoms with Gasteiger partial charge in [-0.15, -0.1) is 11.8 Å². The van der Waals surface area contributed by atoms with Crippen molar-refractivity contribution >= 4 is 41.9 Å². The number of thioether (sulfide) groups is 1. The summed E-state index contributed by atoms with van der Waals surface area (Å²) in [7, 11) is 3.75. The molecule has 2 aromatic heterocycles. The average molecular weight is 375 g/mol. The molecule has 0 amide bonds. The molecule has 0 atom stereocenters. The van der Waals surface area contributed by atoms with Gasteiger partial charge in [-0.1, -0.05) is 29.7 Å². The van der Waals surface area contributed by atoms with E-state index in [4.69, 9.17) is 10.7 Å². The van der Waals surface area contributed by atoms with Crippen LogP contribution < -0.4 is 16.8 Å². The second kappa shape index (κ2) is 6.63. The molecule has 0 saturated carbocycles. The molecule has 0 saturated heterocycles. The number of rotatable bonds is 3. The number of aryl methyl sites for hydroxylation is 1. The van der Waals surface area contributed by atoms with Crippen LogP contribution in [0.1, 0.15) is 0 Å². The van der Waals surface area contributed by atoms with Crippen LogP contribution in [0.15, 0.2) is 58.2 Å². The first kappa shape index (κ1) is 17.4. The molecule has 0 bridgehead atoms. The molecule has 0 aliphatic carbocycles. The van der Waals surface area contributed by atoms with Gasteiger partial charge in [0.2, 0.25) is 0 Å². The Morgan fingerprint density at radius 3 is 2.37 bits per heavy atom. The van der Waals surface area contributed by atoms with Crippen LogP contribution in [-0.4, -0.2) is 33.4 Å². The Kier molecular flexibility index (Phi) is 4.27. The van der Waals surface area contributed by atoms with Gasteiger partial charge in [0.1, 0.15) is 19.1 Å². The Hall–Kier alpha value is -3.00. The number of aromatic nitrogens is 4. The van der Waals surface area contributed by atoms with Crippen molar-refractivity contribution in [1.82, 2.24) is 19.3 Å². The fraction of sp³-hybridized carbons (Fsp3) is 0.105. The summed E-state index contributed by atoms with van der Waals surface area (Å²) in [4.78, 5) is 19.3. The molecule has 6 nitrogen and oxygen atoms in total. The van der Waals surface area contributed by atoms with E-state index in [0.717, 1.165) is 21.6 Å². The highest BCUT2D eigenvalue weighted by molar-refractivity contribution is 7.98. The largest absolute Gasteiger partial charge is 0.381 e. The zero-order chi connectivity index (χ0) is 19.1. The van der Waals surface area contributed by atoms with Crippen LogP contribution in [0.3, 0.4) is 0 Å². The smallest absolute Gasteiger partial charge is 0.271 e. The Labute approximate surface area is 161 Å². The third-order valence-corrected chi connectivity index (χ3v) is 5.27. The molecule has 0 fully saturated rings. The highest BCUT2D eigenvalue weighted by Gasteiger charge is 2.19. The minimum Gasteiger partial charge on any atom is -0.381 e. The first-order valence-corrected chi connectivity index (χ1v) is 9.69. The number of fused-ring (bicyclic) bond motifs is 1. The summed E-state index contributed by atoms with van der Waals surface area (Å²) in [6.45, 7) is 0. The molecular formula is C19H18BN5OS. The van der Waals surface area contributed by atoms with E-state index in [-0.39, 0.29) is 11.4 Å². The monoisotopic (exact) mass is 375 g/mol. The Bertz CT molecular complexity index is 1200. The van der Waals surface area contributed by atoms with Crippen LogP contribution in [0.4, 0.5) is 5.82 Å². The van der Waals surface area contributed by atoms with E-state index in [1.807, 2.05) is 62.6 Å². The maximum absolute atomic E-state index is 13.4. The second-order valence-electron chi connectivity index (χ2n) is 6.35. The van der Waals surface area contributed by atoms with Crippen LogP contribution in [0.2, 0.25) is 0 Å². The molecule has 0 spiro atoms. The second-order valence-corrected chi connectivity index (χ2v) is 7.23. The fourth-order valence-electron chi connectivity index (χ4n) is 3.09. The molecule has 2 N–H and O–H groups in total. The van der Waals surface area contributed by atoms with Gasteiger partial charge in [-0.25, -0.2) is 9.67 Å². The number of nitrogens with two attached hydrogens (primary N) is 1. The molecular weight excluding hydrogens is 357 g/mol. The zero-order valence-electron chi connectivity index (χ0n) is 15.3. The van der Waals surface area contributed by atoms with Gasteiger partial charge in [-0.05, 0) is 30.5 Å². The highest BCUT2D eigenvalue weighted by Crippen LogP contribution is 2.25. The molecule has 0 aliphatic rings. The highest BCUT2D eigenvalue weighted by atomic mass is 32.2. The van der Waals surface area contributed by atoms with Gasteiger partial charge >= 0.3 is 0 Å². The minimum absolute atomic E-state index is 0.190. The Morgan fingerprint density at radius 2 is 1.74 bits per heavy atom. The van der Waals surface area contributed by atoms with Crippen LogP contribution >= 0.6 is 11.8 Å². The summed E-state index contributed by atoms with van der Waals surface area (Å²) in [5.41, 5.74) is 8.96. The van der Waals surface area contributed by atoms with E-state index >= 15 is 0 Å². The number of hydrogen-bond acceptors (Lipinski definition) is 5. The molecule has 27 heavy (non-hydrogen) atoms. The van der Waals surface area contributed by atoms with Crippen molar-refractivity contribution < 1.29 is 0 Å². The van der Waals surface area contributed by atoms with Crippen LogP contribution in [0.5, 0.6) is 0 Å². The molecule has 4 rings (SSSR count). The van der Waals surface area contributed by atoms with E-state index < -0.39 is 0 Å². The number of benzene rings is 2. The van der Waals surface area contributed by atoms with Gasteiger partial charge in [0, 0.05) is 17.5 Å². The first-order chi connectivity index (χ1) is 13.0. The average Bonchev–Trinajstić information content (AvgIpc) is 2.96. The van der Waals surface area contributed by atoms with Crippen molar-refractivity contribution in [2.24, 2.45) is 7.05 Å². The van der Waals surface area contributed by atoms with Crippen LogP contribution in [0, 0.1) is 0 Å². The molecule has 134 valence electrons. The summed E-state index contributed by atoms with van der Waals surface area (Å²) in [6.07, 6.45) is 2.03. The zero-order valence-corrected chi connectivity index (χ0v) is 16.1. The van der Waals surface area contributed by atoms with Gasteiger partial charge in [0.15, 0.2) is 11.5 Å². The Morgan fingerprint density at radius 1 is 1.07 bits per heavy atom. The predicted octanol–water partition coefficient (Wildman–Crippen LogP) is 1.35. The summed E-state index contributed by atoms with van der Waals surface area (Å²) in [5, 5.41) is 4.51. The first-order valence-electron chi connectivity index (χ1n) is 8.46. The van der Waals surface area contributed by atoms with Gasteiger partial charge in [0.25, 0.3) is 5.56 Å². The number of nitrogen functional groups attached to an aromatic ring is 1. The van der Waals surface area contributed by atoms with Gasteiger partial charge < -0.3 is 5.73 Å². The molecule has 0 radical (unpaired) electrons. The van der Waals surface area contributed by atoms with Gasteiger partial charge in [-0.2, -0.15) is 5.10 Å². The fourth-order valence-corrected chi connectivity index (χ4v) is 3.50. The van der Waals surface area contributed by atoms with Crippen LogP contribution in [-0.2, 0) is 7.05 Å². The topological polar surface area (TPSA) is 78.7 Å². The van der Waals surface area contributed by atoms with Crippen molar-refractivity contribution in [1.29, 1.82) is 0 Å². The molecule has 0 unspecified atom stereocenters.